The summed E-state index contributed by atoms with van der Waals surface area (Å²) in [5.74, 6) is 0.797. The fourth-order valence-corrected chi connectivity index (χ4v) is 3.51. The first-order chi connectivity index (χ1) is 13.1. The van der Waals surface area contributed by atoms with Gasteiger partial charge in [0.05, 0.1) is 19.6 Å². The summed E-state index contributed by atoms with van der Waals surface area (Å²) in [6.07, 6.45) is 8.63. The first-order valence-corrected chi connectivity index (χ1v) is 10.3. The SMILES string of the molecule is CCCCc1ncc(CC(CCCC)C(=O)OC)n1Cc1ccccc1Cl.Cl. The van der Waals surface area contributed by atoms with E-state index < -0.39 is 0 Å². The zero-order valence-corrected chi connectivity index (χ0v) is 18.7. The van der Waals surface area contributed by atoms with Crippen molar-refractivity contribution in [1.82, 2.24) is 9.55 Å². The number of nitrogens with zero attached hydrogens (tertiary/aromatic N) is 2. The van der Waals surface area contributed by atoms with Crippen LogP contribution in [0.5, 0.6) is 0 Å². The average molecular weight is 427 g/mol. The van der Waals surface area contributed by atoms with Crippen LogP contribution in [0.4, 0.5) is 0 Å². The Morgan fingerprint density at radius 1 is 1.21 bits per heavy atom. The monoisotopic (exact) mass is 426 g/mol. The minimum absolute atomic E-state index is 0. The van der Waals surface area contributed by atoms with E-state index >= 15 is 0 Å². The molecule has 2 aromatic rings. The fraction of sp³-hybridized carbons (Fsp3) is 0.545. The van der Waals surface area contributed by atoms with Gasteiger partial charge in [-0.15, -0.1) is 12.4 Å². The topological polar surface area (TPSA) is 44.1 Å². The molecule has 156 valence electrons. The number of benzene rings is 1. The van der Waals surface area contributed by atoms with Gasteiger partial charge in [0.1, 0.15) is 5.82 Å². The Labute approximate surface area is 180 Å². The van der Waals surface area contributed by atoms with Crippen molar-refractivity contribution < 1.29 is 9.53 Å². The molecule has 0 amide bonds. The second-order valence-corrected chi connectivity index (χ2v) is 7.42. The van der Waals surface area contributed by atoms with Crippen molar-refractivity contribution in [2.24, 2.45) is 5.92 Å². The Kier molecular flexibility index (Phi) is 11.2. The highest BCUT2D eigenvalue weighted by molar-refractivity contribution is 6.31. The fourth-order valence-electron chi connectivity index (χ4n) is 3.31. The van der Waals surface area contributed by atoms with E-state index in [9.17, 15) is 4.79 Å². The van der Waals surface area contributed by atoms with Crippen molar-refractivity contribution in [3.63, 3.8) is 0 Å². The molecule has 1 aromatic carbocycles. The van der Waals surface area contributed by atoms with E-state index in [0.717, 1.165) is 60.6 Å². The molecule has 1 unspecified atom stereocenters. The number of aromatic nitrogens is 2. The Morgan fingerprint density at radius 3 is 2.57 bits per heavy atom. The molecule has 0 aliphatic heterocycles. The maximum atomic E-state index is 12.3. The number of esters is 1. The van der Waals surface area contributed by atoms with Crippen LogP contribution in [0.25, 0.3) is 0 Å². The van der Waals surface area contributed by atoms with Crippen molar-refractivity contribution in [3.05, 3.63) is 52.6 Å². The van der Waals surface area contributed by atoms with E-state index in [0.29, 0.717) is 13.0 Å². The van der Waals surface area contributed by atoms with Crippen LogP contribution in [-0.4, -0.2) is 22.6 Å². The van der Waals surface area contributed by atoms with Gasteiger partial charge in [-0.3, -0.25) is 4.79 Å². The quantitative estimate of drug-likeness (QED) is 0.421. The molecular formula is C22H32Cl2N2O2. The van der Waals surface area contributed by atoms with Crippen molar-refractivity contribution in [2.45, 2.75) is 65.3 Å². The Morgan fingerprint density at radius 2 is 1.93 bits per heavy atom. The van der Waals surface area contributed by atoms with Crippen LogP contribution in [0.3, 0.4) is 0 Å². The number of methoxy groups -OCH3 is 1. The van der Waals surface area contributed by atoms with Gasteiger partial charge in [-0.2, -0.15) is 0 Å². The lowest BCUT2D eigenvalue weighted by molar-refractivity contribution is -0.145. The molecule has 0 bridgehead atoms. The standard InChI is InChI=1S/C22H31ClN2O2.ClH/c1-4-6-10-17(22(26)27-3)14-19-15-24-21(13-7-5-2)25(19)16-18-11-8-9-12-20(18)23;/h8-9,11-12,15,17H,4-7,10,13-14,16H2,1-3H3;1H. The average Bonchev–Trinajstić information content (AvgIpc) is 3.05. The number of ether oxygens (including phenoxy) is 1. The second kappa shape index (κ2) is 12.8. The summed E-state index contributed by atoms with van der Waals surface area (Å²) in [5, 5.41) is 0.758. The molecule has 1 atom stereocenters. The molecule has 0 saturated heterocycles. The lowest BCUT2D eigenvalue weighted by Crippen LogP contribution is -2.21. The number of rotatable bonds is 11. The number of aryl methyl sites for hydroxylation is 1. The highest BCUT2D eigenvalue weighted by atomic mass is 35.5. The molecule has 0 N–H and O–H groups in total. The molecule has 0 spiro atoms. The van der Waals surface area contributed by atoms with Gasteiger partial charge >= 0.3 is 5.97 Å². The Bertz CT molecular complexity index is 731. The molecule has 0 aliphatic carbocycles. The number of hydrogen-bond acceptors (Lipinski definition) is 3. The van der Waals surface area contributed by atoms with Crippen molar-refractivity contribution >= 4 is 30.0 Å². The summed E-state index contributed by atoms with van der Waals surface area (Å²) >= 11 is 6.39. The number of unbranched alkanes of at least 4 members (excludes halogenated alkanes) is 2. The largest absolute Gasteiger partial charge is 0.469 e. The summed E-state index contributed by atoms with van der Waals surface area (Å²) < 4.78 is 7.28. The number of hydrogen-bond donors (Lipinski definition) is 0. The van der Waals surface area contributed by atoms with Gasteiger partial charge in [0.25, 0.3) is 0 Å². The van der Waals surface area contributed by atoms with Gasteiger partial charge in [-0.1, -0.05) is 62.9 Å². The lowest BCUT2D eigenvalue weighted by Gasteiger charge is -2.17. The summed E-state index contributed by atoms with van der Waals surface area (Å²) in [4.78, 5) is 16.9. The molecule has 0 aliphatic rings. The van der Waals surface area contributed by atoms with Gasteiger partial charge < -0.3 is 9.30 Å². The van der Waals surface area contributed by atoms with Crippen LogP contribution in [0.15, 0.2) is 30.5 Å². The van der Waals surface area contributed by atoms with Gasteiger partial charge in [-0.05, 0) is 24.5 Å². The number of halogens is 2. The number of carbonyl (C=O) groups is 1. The van der Waals surface area contributed by atoms with Crippen LogP contribution in [0.2, 0.25) is 5.02 Å². The van der Waals surface area contributed by atoms with E-state index in [1.165, 1.54) is 7.11 Å². The highest BCUT2D eigenvalue weighted by Gasteiger charge is 2.22. The second-order valence-electron chi connectivity index (χ2n) is 7.01. The van der Waals surface area contributed by atoms with Gasteiger partial charge in [0.15, 0.2) is 0 Å². The van der Waals surface area contributed by atoms with E-state index in [4.69, 9.17) is 16.3 Å². The van der Waals surface area contributed by atoms with E-state index in [1.807, 2.05) is 30.5 Å². The molecule has 28 heavy (non-hydrogen) atoms. The number of imidazole rings is 1. The van der Waals surface area contributed by atoms with Crippen molar-refractivity contribution in [1.29, 1.82) is 0 Å². The van der Waals surface area contributed by atoms with Crippen LogP contribution in [0.1, 0.15) is 63.0 Å². The Hall–Kier alpha value is -1.52. The van der Waals surface area contributed by atoms with Gasteiger partial charge in [0.2, 0.25) is 0 Å². The third kappa shape index (κ3) is 6.82. The molecule has 2 rings (SSSR count). The van der Waals surface area contributed by atoms with Crippen molar-refractivity contribution in [3.8, 4) is 0 Å². The number of carbonyl (C=O) groups excluding carboxylic acids is 1. The van der Waals surface area contributed by atoms with Gasteiger partial charge in [0, 0.05) is 29.8 Å². The van der Waals surface area contributed by atoms with Crippen LogP contribution < -0.4 is 0 Å². The predicted molar refractivity (Wildman–Crippen MR) is 117 cm³/mol. The molecule has 6 heteroatoms. The maximum Gasteiger partial charge on any atom is 0.309 e. The molecular weight excluding hydrogens is 395 g/mol. The third-order valence-corrected chi connectivity index (χ3v) is 5.33. The summed E-state index contributed by atoms with van der Waals surface area (Å²) in [6, 6.07) is 7.90. The van der Waals surface area contributed by atoms with E-state index in [1.54, 1.807) is 0 Å². The molecule has 0 radical (unpaired) electrons. The molecule has 0 saturated carbocycles. The minimum Gasteiger partial charge on any atom is -0.469 e. The predicted octanol–water partition coefficient (Wildman–Crippen LogP) is 5.87. The van der Waals surface area contributed by atoms with Crippen molar-refractivity contribution in [2.75, 3.05) is 7.11 Å². The van der Waals surface area contributed by atoms with E-state index in [2.05, 4.69) is 23.4 Å². The zero-order chi connectivity index (χ0) is 19.6. The normalized spacial score (nSPS) is 11.7. The molecule has 4 nitrogen and oxygen atoms in total. The zero-order valence-electron chi connectivity index (χ0n) is 17.1. The third-order valence-electron chi connectivity index (χ3n) is 4.96. The summed E-state index contributed by atoms with van der Waals surface area (Å²) in [5.41, 5.74) is 2.15. The first kappa shape index (κ1) is 24.5. The minimum atomic E-state index is -0.135. The maximum absolute atomic E-state index is 12.3. The molecule has 1 aromatic heterocycles. The highest BCUT2D eigenvalue weighted by Crippen LogP contribution is 2.22. The summed E-state index contributed by atoms with van der Waals surface area (Å²) in [7, 11) is 1.47. The first-order valence-electron chi connectivity index (χ1n) is 9.95. The lowest BCUT2D eigenvalue weighted by atomic mass is 9.97. The van der Waals surface area contributed by atoms with Crippen LogP contribution in [0, 0.1) is 5.92 Å². The van der Waals surface area contributed by atoms with Crippen LogP contribution in [-0.2, 0) is 28.9 Å². The molecule has 1 heterocycles. The smallest absolute Gasteiger partial charge is 0.309 e. The van der Waals surface area contributed by atoms with Gasteiger partial charge in [-0.25, -0.2) is 4.98 Å². The Balaban J connectivity index is 0.00000392. The summed E-state index contributed by atoms with van der Waals surface area (Å²) in [6.45, 7) is 4.99. The van der Waals surface area contributed by atoms with Crippen LogP contribution >= 0.6 is 24.0 Å². The van der Waals surface area contributed by atoms with E-state index in [-0.39, 0.29) is 24.3 Å². The molecule has 0 fully saturated rings.